The second kappa shape index (κ2) is 14.0. The van der Waals surface area contributed by atoms with Crippen LogP contribution in [0.1, 0.15) is 16.7 Å². The lowest BCUT2D eigenvalue weighted by Crippen LogP contribution is -2.36. The number of hydrogen-bond donors (Lipinski definition) is 2. The predicted octanol–water partition coefficient (Wildman–Crippen LogP) is 4.44. The zero-order chi connectivity index (χ0) is 22.7. The van der Waals surface area contributed by atoms with Crippen LogP contribution in [0.3, 0.4) is 0 Å². The molecule has 0 bridgehead atoms. The molecular weight excluding hydrogens is 538 g/mol. The van der Waals surface area contributed by atoms with Gasteiger partial charge in [-0.1, -0.05) is 24.3 Å². The van der Waals surface area contributed by atoms with Crippen LogP contribution in [0.25, 0.3) is 0 Å². The topological polar surface area (TPSA) is 64.1 Å². The van der Waals surface area contributed by atoms with E-state index in [1.165, 1.54) is 6.07 Å². The van der Waals surface area contributed by atoms with Gasteiger partial charge in [-0.15, -0.1) is 24.0 Å². The average Bonchev–Trinajstić information content (AvgIpc) is 2.73. The van der Waals surface area contributed by atoms with Gasteiger partial charge in [-0.2, -0.15) is 13.2 Å². The van der Waals surface area contributed by atoms with Crippen LogP contribution < -0.4 is 20.1 Å². The zero-order valence-corrected chi connectivity index (χ0v) is 20.6. The van der Waals surface area contributed by atoms with E-state index in [0.29, 0.717) is 32.3 Å². The van der Waals surface area contributed by atoms with E-state index >= 15 is 0 Å². The van der Waals surface area contributed by atoms with Gasteiger partial charge < -0.3 is 24.8 Å². The van der Waals surface area contributed by atoms with Gasteiger partial charge in [0.15, 0.2) is 12.6 Å². The fourth-order valence-electron chi connectivity index (χ4n) is 2.67. The van der Waals surface area contributed by atoms with Gasteiger partial charge in [-0.05, 0) is 36.2 Å². The molecule has 2 aromatic carbocycles. The van der Waals surface area contributed by atoms with Crippen molar-refractivity contribution in [3.8, 4) is 11.5 Å². The van der Waals surface area contributed by atoms with E-state index in [1.54, 1.807) is 32.4 Å². The summed E-state index contributed by atoms with van der Waals surface area (Å²) in [4.78, 5) is 4.19. The van der Waals surface area contributed by atoms with E-state index in [0.717, 1.165) is 22.4 Å². The first-order chi connectivity index (χ1) is 14.8. The minimum Gasteiger partial charge on any atom is -0.491 e. The normalized spacial score (nSPS) is 11.5. The molecule has 0 saturated carbocycles. The maximum atomic E-state index is 12.3. The van der Waals surface area contributed by atoms with Crippen molar-refractivity contribution in [1.29, 1.82) is 0 Å². The van der Waals surface area contributed by atoms with Gasteiger partial charge in [0.05, 0.1) is 6.61 Å². The summed E-state index contributed by atoms with van der Waals surface area (Å²) in [5.74, 6) is 1.48. The van der Waals surface area contributed by atoms with E-state index in [4.69, 9.17) is 14.2 Å². The van der Waals surface area contributed by atoms with Crippen molar-refractivity contribution in [3.05, 3.63) is 59.2 Å². The molecule has 0 saturated heterocycles. The van der Waals surface area contributed by atoms with Crippen molar-refractivity contribution in [2.45, 2.75) is 26.2 Å². The number of aliphatic imine (C=N–C) groups is 1. The van der Waals surface area contributed by atoms with Crippen LogP contribution in [0.5, 0.6) is 11.5 Å². The Morgan fingerprint density at radius 3 is 2.44 bits per heavy atom. The second-order valence-corrected chi connectivity index (χ2v) is 6.78. The Hall–Kier alpha value is -2.21. The van der Waals surface area contributed by atoms with Crippen molar-refractivity contribution >= 4 is 29.9 Å². The lowest BCUT2D eigenvalue weighted by molar-refractivity contribution is -0.153. The van der Waals surface area contributed by atoms with Crippen LogP contribution in [0.2, 0.25) is 0 Å². The third-order valence-electron chi connectivity index (χ3n) is 4.20. The Bertz CT molecular complexity index is 864. The van der Waals surface area contributed by atoms with Gasteiger partial charge >= 0.3 is 6.18 Å². The lowest BCUT2D eigenvalue weighted by atomic mass is 10.1. The number of nitrogens with one attached hydrogen (secondary N) is 2. The summed E-state index contributed by atoms with van der Waals surface area (Å²) in [6.07, 6.45) is -4.37. The van der Waals surface area contributed by atoms with Crippen molar-refractivity contribution in [2.24, 2.45) is 4.99 Å². The summed E-state index contributed by atoms with van der Waals surface area (Å²) in [6, 6.07) is 12.5. The Morgan fingerprint density at radius 2 is 1.75 bits per heavy atom. The van der Waals surface area contributed by atoms with Gasteiger partial charge in [0.25, 0.3) is 0 Å². The molecule has 6 nitrogen and oxygen atoms in total. The molecule has 0 aromatic heterocycles. The summed E-state index contributed by atoms with van der Waals surface area (Å²) in [7, 11) is 3.26. The van der Waals surface area contributed by atoms with Crippen molar-refractivity contribution < 1.29 is 27.4 Å². The molecule has 0 atom stereocenters. The number of guanidine groups is 1. The van der Waals surface area contributed by atoms with Crippen molar-refractivity contribution in [2.75, 3.05) is 34.0 Å². The average molecular weight is 567 g/mol. The Kier molecular flexibility index (Phi) is 12.2. The number of aryl methyl sites for hydroxylation is 1. The molecule has 0 unspecified atom stereocenters. The molecule has 0 amide bonds. The fraction of sp³-hybridized carbons (Fsp3) is 0.409. The van der Waals surface area contributed by atoms with Crippen molar-refractivity contribution in [3.63, 3.8) is 0 Å². The summed E-state index contributed by atoms with van der Waals surface area (Å²) >= 11 is 0. The fourth-order valence-corrected chi connectivity index (χ4v) is 2.67. The predicted molar refractivity (Wildman–Crippen MR) is 129 cm³/mol. The number of alkyl halides is 3. The molecule has 2 rings (SSSR count). The molecular formula is C22H29F3IN3O3. The monoisotopic (exact) mass is 567 g/mol. The van der Waals surface area contributed by atoms with Gasteiger partial charge in [0.1, 0.15) is 18.1 Å². The zero-order valence-electron chi connectivity index (χ0n) is 18.3. The highest BCUT2D eigenvalue weighted by Crippen LogP contribution is 2.21. The largest absolute Gasteiger partial charge is 0.491 e. The van der Waals surface area contributed by atoms with Crippen LogP contribution in [-0.4, -0.2) is 46.1 Å². The molecule has 32 heavy (non-hydrogen) atoms. The molecule has 0 heterocycles. The number of hydrogen-bond acceptors (Lipinski definition) is 4. The van der Waals surface area contributed by atoms with Gasteiger partial charge in [0.2, 0.25) is 0 Å². The van der Waals surface area contributed by atoms with E-state index in [9.17, 15) is 13.2 Å². The quantitative estimate of drug-likeness (QED) is 0.193. The maximum absolute atomic E-state index is 12.3. The SMILES string of the molecule is CN=C(NCc1cccc(OCC(F)(F)F)c1)NCc1ccc(C)cc1OCCOC.I. The molecule has 0 aliphatic rings. The van der Waals surface area contributed by atoms with Crippen LogP contribution >= 0.6 is 24.0 Å². The third-order valence-corrected chi connectivity index (χ3v) is 4.20. The summed E-state index contributed by atoms with van der Waals surface area (Å²) in [6.45, 7) is 2.47. The Balaban J connectivity index is 0.00000512. The molecule has 2 aromatic rings. The first-order valence-electron chi connectivity index (χ1n) is 9.75. The summed E-state index contributed by atoms with van der Waals surface area (Å²) in [5.41, 5.74) is 2.82. The van der Waals surface area contributed by atoms with Gasteiger partial charge in [-0.3, -0.25) is 4.99 Å². The highest BCUT2D eigenvalue weighted by Gasteiger charge is 2.28. The first-order valence-corrected chi connectivity index (χ1v) is 9.75. The number of nitrogens with zero attached hydrogens (tertiary/aromatic N) is 1. The standard InChI is InChI=1S/C22H28F3N3O3.HI/c1-16-7-8-18(20(11-16)30-10-9-29-3)14-28-21(26-2)27-13-17-5-4-6-19(12-17)31-15-22(23,24)25;/h4-8,11-12H,9-10,13-15H2,1-3H3,(H2,26,27,28);1H. The molecule has 0 aliphatic heterocycles. The number of halogens is 4. The summed E-state index contributed by atoms with van der Waals surface area (Å²) < 4.78 is 52.6. The number of benzene rings is 2. The van der Waals surface area contributed by atoms with Crippen molar-refractivity contribution in [1.82, 2.24) is 10.6 Å². The highest BCUT2D eigenvalue weighted by atomic mass is 127. The second-order valence-electron chi connectivity index (χ2n) is 6.78. The molecule has 178 valence electrons. The van der Waals surface area contributed by atoms with E-state index < -0.39 is 12.8 Å². The number of methoxy groups -OCH3 is 1. The smallest absolute Gasteiger partial charge is 0.422 e. The third kappa shape index (κ3) is 10.4. The lowest BCUT2D eigenvalue weighted by Gasteiger charge is -2.16. The van der Waals surface area contributed by atoms with Crippen LogP contribution in [0.15, 0.2) is 47.5 Å². The first kappa shape index (κ1) is 27.8. The minimum absolute atomic E-state index is 0. The maximum Gasteiger partial charge on any atom is 0.422 e. The molecule has 0 aliphatic carbocycles. The highest BCUT2D eigenvalue weighted by molar-refractivity contribution is 14.0. The molecule has 0 fully saturated rings. The minimum atomic E-state index is -4.37. The molecule has 0 spiro atoms. The summed E-state index contributed by atoms with van der Waals surface area (Å²) in [5, 5.41) is 6.35. The number of rotatable bonds is 10. The van der Waals surface area contributed by atoms with Gasteiger partial charge in [0, 0.05) is 32.8 Å². The number of ether oxygens (including phenoxy) is 3. The molecule has 10 heteroatoms. The molecule has 0 radical (unpaired) electrons. The Morgan fingerprint density at radius 1 is 1.00 bits per heavy atom. The van der Waals surface area contributed by atoms with Crippen LogP contribution in [-0.2, 0) is 17.8 Å². The van der Waals surface area contributed by atoms with E-state index in [-0.39, 0.29) is 29.7 Å². The Labute approximate surface area is 203 Å². The van der Waals surface area contributed by atoms with Crippen LogP contribution in [0.4, 0.5) is 13.2 Å². The van der Waals surface area contributed by atoms with E-state index in [2.05, 4.69) is 15.6 Å². The van der Waals surface area contributed by atoms with Gasteiger partial charge in [-0.25, -0.2) is 0 Å². The van der Waals surface area contributed by atoms with E-state index in [1.807, 2.05) is 25.1 Å². The molecule has 2 N–H and O–H groups in total. The van der Waals surface area contributed by atoms with Crippen LogP contribution in [0, 0.1) is 6.92 Å².